The summed E-state index contributed by atoms with van der Waals surface area (Å²) in [5, 5.41) is 8.76. The summed E-state index contributed by atoms with van der Waals surface area (Å²) in [6.45, 7) is 0. The van der Waals surface area contributed by atoms with Crippen LogP contribution in [0, 0.1) is 0 Å². The molecule has 0 fully saturated rings. The first-order valence-corrected chi connectivity index (χ1v) is 9.02. The molecule has 2 aromatic rings. The van der Waals surface area contributed by atoms with Crippen molar-refractivity contribution in [3.05, 3.63) is 65.2 Å². The van der Waals surface area contributed by atoms with E-state index in [-0.39, 0.29) is 11.5 Å². The first-order valence-electron chi connectivity index (χ1n) is 7.87. The number of hydrogen-bond acceptors (Lipinski definition) is 5. The van der Waals surface area contributed by atoms with Crippen LogP contribution in [0.4, 0.5) is 0 Å². The van der Waals surface area contributed by atoms with Gasteiger partial charge in [-0.15, -0.1) is 11.8 Å². The van der Waals surface area contributed by atoms with Crippen LogP contribution >= 0.6 is 11.8 Å². The van der Waals surface area contributed by atoms with Crippen LogP contribution in [-0.2, 0) is 10.5 Å². The highest BCUT2D eigenvalue weighted by Gasteiger charge is 2.10. The third-order valence-electron chi connectivity index (χ3n) is 3.60. The van der Waals surface area contributed by atoms with Crippen molar-refractivity contribution in [2.45, 2.75) is 5.75 Å². The topological polar surface area (TPSA) is 72.8 Å². The molecule has 0 aliphatic heterocycles. The molecule has 0 aliphatic carbocycles. The minimum absolute atomic E-state index is 0.00493. The van der Waals surface area contributed by atoms with Gasteiger partial charge in [0.15, 0.2) is 5.78 Å². The van der Waals surface area contributed by atoms with Crippen molar-refractivity contribution in [2.75, 3.05) is 20.0 Å². The molecule has 0 aromatic heterocycles. The normalized spacial score (nSPS) is 10.7. The Bertz CT molecular complexity index is 814. The molecule has 0 radical (unpaired) electrons. The van der Waals surface area contributed by atoms with Gasteiger partial charge in [-0.1, -0.05) is 18.2 Å². The molecule has 0 aliphatic rings. The van der Waals surface area contributed by atoms with Crippen LogP contribution in [0.3, 0.4) is 0 Å². The zero-order valence-electron chi connectivity index (χ0n) is 14.6. The van der Waals surface area contributed by atoms with Gasteiger partial charge in [0.25, 0.3) is 0 Å². The average Bonchev–Trinajstić information content (AvgIpc) is 2.65. The zero-order chi connectivity index (χ0) is 18.9. The van der Waals surface area contributed by atoms with E-state index in [4.69, 9.17) is 14.6 Å². The van der Waals surface area contributed by atoms with Crippen LogP contribution in [0.15, 0.2) is 48.5 Å². The smallest absolute Gasteiger partial charge is 0.313 e. The van der Waals surface area contributed by atoms with Gasteiger partial charge in [0.05, 0.1) is 20.0 Å². The first-order chi connectivity index (χ1) is 12.5. The van der Waals surface area contributed by atoms with Crippen molar-refractivity contribution in [3.63, 3.8) is 0 Å². The molecule has 26 heavy (non-hydrogen) atoms. The molecule has 0 amide bonds. The van der Waals surface area contributed by atoms with Crippen LogP contribution in [0.25, 0.3) is 6.08 Å². The Kier molecular flexibility index (Phi) is 7.29. The molecule has 6 heteroatoms. The van der Waals surface area contributed by atoms with Gasteiger partial charge in [0.2, 0.25) is 0 Å². The van der Waals surface area contributed by atoms with Crippen LogP contribution in [0.5, 0.6) is 11.5 Å². The van der Waals surface area contributed by atoms with E-state index in [1.165, 1.54) is 17.8 Å². The molecular weight excluding hydrogens is 352 g/mol. The predicted octanol–water partition coefficient (Wildman–Crippen LogP) is 3.92. The highest BCUT2D eigenvalue weighted by atomic mass is 32.2. The molecule has 2 rings (SSSR count). The second-order valence-electron chi connectivity index (χ2n) is 5.35. The van der Waals surface area contributed by atoms with Crippen molar-refractivity contribution in [2.24, 2.45) is 0 Å². The minimum atomic E-state index is -0.874. The summed E-state index contributed by atoms with van der Waals surface area (Å²) in [6.07, 6.45) is 3.21. The quantitative estimate of drug-likeness (QED) is 0.531. The first kappa shape index (κ1) is 19.6. The van der Waals surface area contributed by atoms with Crippen LogP contribution < -0.4 is 9.47 Å². The third-order valence-corrected chi connectivity index (χ3v) is 4.57. The number of thioether (sulfide) groups is 1. The zero-order valence-corrected chi connectivity index (χ0v) is 15.4. The van der Waals surface area contributed by atoms with E-state index >= 15 is 0 Å². The Labute approximate surface area is 156 Å². The second kappa shape index (κ2) is 9.68. The van der Waals surface area contributed by atoms with E-state index in [2.05, 4.69) is 0 Å². The van der Waals surface area contributed by atoms with E-state index in [9.17, 15) is 9.59 Å². The van der Waals surface area contributed by atoms with Crippen molar-refractivity contribution >= 4 is 29.6 Å². The number of hydrogen-bond donors (Lipinski definition) is 1. The molecule has 0 saturated heterocycles. The average molecular weight is 372 g/mol. The van der Waals surface area contributed by atoms with Gasteiger partial charge in [0.1, 0.15) is 11.5 Å². The lowest BCUT2D eigenvalue weighted by molar-refractivity contribution is -0.133. The molecule has 0 atom stereocenters. The monoisotopic (exact) mass is 372 g/mol. The van der Waals surface area contributed by atoms with Gasteiger partial charge < -0.3 is 14.6 Å². The number of ketones is 1. The van der Waals surface area contributed by atoms with E-state index < -0.39 is 5.97 Å². The largest absolute Gasteiger partial charge is 0.496 e. The summed E-state index contributed by atoms with van der Waals surface area (Å²) in [5.41, 5.74) is 2.12. The number of para-hydroxylation sites is 1. The molecule has 0 bridgehead atoms. The number of methoxy groups -OCH3 is 2. The second-order valence-corrected chi connectivity index (χ2v) is 6.34. The Balaban J connectivity index is 2.17. The fourth-order valence-corrected chi connectivity index (χ4v) is 3.08. The van der Waals surface area contributed by atoms with Crippen molar-refractivity contribution in [3.8, 4) is 11.5 Å². The molecule has 5 nitrogen and oxygen atoms in total. The van der Waals surface area contributed by atoms with Gasteiger partial charge >= 0.3 is 5.97 Å². The maximum Gasteiger partial charge on any atom is 0.313 e. The van der Waals surface area contributed by atoms with Gasteiger partial charge in [-0.2, -0.15) is 0 Å². The summed E-state index contributed by atoms with van der Waals surface area (Å²) >= 11 is 1.25. The Morgan fingerprint density at radius 3 is 2.50 bits per heavy atom. The lowest BCUT2D eigenvalue weighted by Crippen LogP contribution is -2.01. The summed E-state index contributed by atoms with van der Waals surface area (Å²) < 4.78 is 10.6. The number of carbonyl (C=O) groups is 2. The van der Waals surface area contributed by atoms with Crippen molar-refractivity contribution < 1.29 is 24.2 Å². The number of carbonyl (C=O) groups excluding carboxylic acids is 1. The molecule has 0 saturated carbocycles. The maximum absolute atomic E-state index is 12.5. The van der Waals surface area contributed by atoms with E-state index in [1.54, 1.807) is 38.5 Å². The molecule has 136 valence electrons. The lowest BCUT2D eigenvalue weighted by Gasteiger charge is -2.09. The SMILES string of the molecule is COc1ccccc1/C=C/C(=O)c1ccc(OC)c(CSCC(=O)O)c1. The van der Waals surface area contributed by atoms with Gasteiger partial charge in [-0.3, -0.25) is 9.59 Å². The molecule has 1 N–H and O–H groups in total. The summed E-state index contributed by atoms with van der Waals surface area (Å²) in [7, 11) is 3.13. The summed E-state index contributed by atoms with van der Waals surface area (Å²) in [6, 6.07) is 12.6. The van der Waals surface area contributed by atoms with Crippen molar-refractivity contribution in [1.29, 1.82) is 0 Å². The minimum Gasteiger partial charge on any atom is -0.496 e. The number of carboxylic acids is 1. The Morgan fingerprint density at radius 2 is 1.81 bits per heavy atom. The number of allylic oxidation sites excluding steroid dienone is 1. The Hall–Kier alpha value is -2.73. The fourth-order valence-electron chi connectivity index (χ4n) is 2.36. The number of rotatable bonds is 9. The van der Waals surface area contributed by atoms with Crippen LogP contribution in [0.2, 0.25) is 0 Å². The van der Waals surface area contributed by atoms with Crippen LogP contribution in [-0.4, -0.2) is 36.8 Å². The van der Waals surface area contributed by atoms with E-state index in [1.807, 2.05) is 24.3 Å². The number of benzene rings is 2. The molecule has 0 spiro atoms. The predicted molar refractivity (Wildman–Crippen MR) is 103 cm³/mol. The number of ether oxygens (including phenoxy) is 2. The molecule has 0 heterocycles. The van der Waals surface area contributed by atoms with Gasteiger partial charge in [-0.25, -0.2) is 0 Å². The summed E-state index contributed by atoms with van der Waals surface area (Å²) in [4.78, 5) is 23.1. The highest BCUT2D eigenvalue weighted by molar-refractivity contribution is 7.99. The Morgan fingerprint density at radius 1 is 1.08 bits per heavy atom. The highest BCUT2D eigenvalue weighted by Crippen LogP contribution is 2.25. The lowest BCUT2D eigenvalue weighted by atomic mass is 10.1. The van der Waals surface area contributed by atoms with Gasteiger partial charge in [-0.05, 0) is 36.4 Å². The molecule has 2 aromatic carbocycles. The van der Waals surface area contributed by atoms with E-state index in [0.717, 1.165) is 11.1 Å². The standard InChI is InChI=1S/C20H20O5S/c1-24-18-6-4-3-5-14(18)7-9-17(21)15-8-10-19(25-2)16(11-15)12-26-13-20(22)23/h3-11H,12-13H2,1-2H3,(H,22,23)/b9-7+. The van der Waals surface area contributed by atoms with Crippen LogP contribution in [0.1, 0.15) is 21.5 Å². The van der Waals surface area contributed by atoms with Crippen molar-refractivity contribution in [1.82, 2.24) is 0 Å². The number of aliphatic carboxylic acids is 1. The summed E-state index contributed by atoms with van der Waals surface area (Å²) in [5.74, 6) is 0.746. The number of carboxylic acid groups (broad SMARTS) is 1. The molecule has 0 unspecified atom stereocenters. The molecular formula is C20H20O5S. The van der Waals surface area contributed by atoms with Gasteiger partial charge in [0, 0.05) is 22.4 Å². The van der Waals surface area contributed by atoms with E-state index in [0.29, 0.717) is 22.8 Å². The fraction of sp³-hybridized carbons (Fsp3) is 0.200. The maximum atomic E-state index is 12.5. The third kappa shape index (κ3) is 5.39.